The molecule has 4 rings (SSSR count). The molecule has 0 amide bonds. The largest absolute Gasteiger partial charge is 0.459 e. The Balaban J connectivity index is 2.15. The van der Waals surface area contributed by atoms with Gasteiger partial charge in [0.2, 0.25) is 0 Å². The zero-order valence-corrected chi connectivity index (χ0v) is 31.5. The van der Waals surface area contributed by atoms with E-state index in [2.05, 4.69) is 0 Å². The van der Waals surface area contributed by atoms with E-state index in [4.69, 9.17) is 37.9 Å². The van der Waals surface area contributed by atoms with Crippen molar-refractivity contribution in [3.8, 4) is 0 Å². The lowest BCUT2D eigenvalue weighted by molar-refractivity contribution is -0.280. The summed E-state index contributed by atoms with van der Waals surface area (Å²) >= 11 is 0. The highest BCUT2D eigenvalue weighted by Crippen LogP contribution is 2.63. The van der Waals surface area contributed by atoms with Crippen molar-refractivity contribution in [1.82, 2.24) is 0 Å². The first-order valence-electron chi connectivity index (χ1n) is 17.6. The van der Waals surface area contributed by atoms with E-state index in [1.165, 1.54) is 33.1 Å². The van der Waals surface area contributed by atoms with Gasteiger partial charge in [-0.15, -0.1) is 0 Å². The summed E-state index contributed by atoms with van der Waals surface area (Å²) in [6.45, 7) is 13.3. The predicted molar refractivity (Wildman–Crippen MR) is 179 cm³/mol. The van der Waals surface area contributed by atoms with Gasteiger partial charge in [0.1, 0.15) is 17.8 Å². The average molecular weight is 737 g/mol. The van der Waals surface area contributed by atoms with Gasteiger partial charge in [-0.1, -0.05) is 40.7 Å². The molecular formula is C37H52O15. The van der Waals surface area contributed by atoms with Crippen LogP contribution in [-0.2, 0) is 66.7 Å². The normalized spacial score (nSPS) is 38.2. The quantitative estimate of drug-likeness (QED) is 0.184. The van der Waals surface area contributed by atoms with Crippen LogP contribution in [-0.4, -0.2) is 109 Å². The standard InChI is InChI=1S/C37H52O15/c1-18(2)13-27(41)51-29-31(48-22(7)39)35(9)25(47-21(6)38)12-11-24(16-45-10)15-26-37(44,20(5)34(43)50-26)33(49-23(8)40)30(35)36(17-46-36)32(29)52-28(42)14-19(3)4/h11-12,15,18-20,25-26,29-33,44H,13-14,16-17H2,1-10H3/b12-11-,24-15+/t20-,25-,26-,29+,30+,31-,32+,33-,35+,36-,37-/m0/s1. The van der Waals surface area contributed by atoms with Gasteiger partial charge in [0.25, 0.3) is 0 Å². The monoisotopic (exact) mass is 736 g/mol. The first kappa shape index (κ1) is 40.9. The fourth-order valence-electron chi connectivity index (χ4n) is 7.96. The highest BCUT2D eigenvalue weighted by Gasteiger charge is 2.81. The summed E-state index contributed by atoms with van der Waals surface area (Å²) in [5.74, 6) is -7.72. The van der Waals surface area contributed by atoms with Crippen LogP contribution >= 0.6 is 0 Å². The molecule has 2 saturated heterocycles. The summed E-state index contributed by atoms with van der Waals surface area (Å²) in [7, 11) is 1.43. The molecule has 0 aromatic carbocycles. The van der Waals surface area contributed by atoms with E-state index in [0.717, 1.165) is 13.8 Å². The van der Waals surface area contributed by atoms with E-state index in [-0.39, 0.29) is 37.9 Å². The smallest absolute Gasteiger partial charge is 0.312 e. The fourth-order valence-corrected chi connectivity index (χ4v) is 7.96. The Labute approximate surface area is 303 Å². The number of ether oxygens (including phenoxy) is 8. The number of carbonyl (C=O) groups excluding carboxylic acids is 6. The molecule has 11 atom stereocenters. The summed E-state index contributed by atoms with van der Waals surface area (Å²) in [6, 6.07) is 0. The van der Waals surface area contributed by atoms with Crippen molar-refractivity contribution in [2.24, 2.45) is 29.1 Å². The summed E-state index contributed by atoms with van der Waals surface area (Å²) in [5, 5.41) is 12.9. The number of epoxide rings is 1. The van der Waals surface area contributed by atoms with Crippen LogP contribution in [0.2, 0.25) is 0 Å². The first-order valence-corrected chi connectivity index (χ1v) is 17.6. The zero-order chi connectivity index (χ0) is 38.9. The van der Waals surface area contributed by atoms with Crippen LogP contribution in [0.1, 0.15) is 75.2 Å². The van der Waals surface area contributed by atoms with Crippen LogP contribution in [0.4, 0.5) is 0 Å². The molecule has 4 aliphatic rings. The van der Waals surface area contributed by atoms with E-state index in [1.807, 2.05) is 0 Å². The lowest BCUT2D eigenvalue weighted by Gasteiger charge is -2.59. The lowest BCUT2D eigenvalue weighted by Crippen LogP contribution is -2.76. The Morgan fingerprint density at radius 2 is 1.40 bits per heavy atom. The summed E-state index contributed by atoms with van der Waals surface area (Å²) in [6.07, 6.45) is -4.82. The van der Waals surface area contributed by atoms with Gasteiger partial charge in [-0.2, -0.15) is 0 Å². The number of methoxy groups -OCH3 is 1. The molecule has 2 heterocycles. The van der Waals surface area contributed by atoms with E-state index >= 15 is 0 Å². The maximum atomic E-state index is 13.5. The Bertz CT molecular complexity index is 1480. The molecule has 15 nitrogen and oxygen atoms in total. The highest BCUT2D eigenvalue weighted by molar-refractivity contribution is 5.78. The van der Waals surface area contributed by atoms with Gasteiger partial charge in [-0.3, -0.25) is 28.8 Å². The molecule has 52 heavy (non-hydrogen) atoms. The van der Waals surface area contributed by atoms with Crippen molar-refractivity contribution in [3.05, 3.63) is 23.8 Å². The fraction of sp³-hybridized carbons (Fsp3) is 0.730. The molecule has 1 saturated carbocycles. The van der Waals surface area contributed by atoms with E-state index in [0.29, 0.717) is 5.57 Å². The van der Waals surface area contributed by atoms with Crippen LogP contribution < -0.4 is 0 Å². The van der Waals surface area contributed by atoms with Crippen molar-refractivity contribution in [2.45, 2.75) is 123 Å². The molecular weight excluding hydrogens is 684 g/mol. The van der Waals surface area contributed by atoms with Crippen LogP contribution in [0.3, 0.4) is 0 Å². The van der Waals surface area contributed by atoms with E-state index in [9.17, 15) is 33.9 Å². The topological polar surface area (TPSA) is 200 Å². The molecule has 3 fully saturated rings. The molecule has 290 valence electrons. The minimum absolute atomic E-state index is 0.0515. The number of carbonyl (C=O) groups is 6. The second kappa shape index (κ2) is 15.7. The van der Waals surface area contributed by atoms with Crippen LogP contribution in [0, 0.1) is 29.1 Å². The van der Waals surface area contributed by atoms with Gasteiger partial charge < -0.3 is 43.0 Å². The molecule has 0 aromatic rings. The molecule has 0 unspecified atom stereocenters. The van der Waals surface area contributed by atoms with Crippen LogP contribution in [0.5, 0.6) is 0 Å². The second-order valence-electron chi connectivity index (χ2n) is 15.2. The molecule has 1 N–H and O–H groups in total. The number of fused-ring (bicyclic) bond motifs is 3. The summed E-state index contributed by atoms with van der Waals surface area (Å²) in [5.41, 5.74) is -5.51. The predicted octanol–water partition coefficient (Wildman–Crippen LogP) is 2.54. The minimum Gasteiger partial charge on any atom is -0.459 e. The van der Waals surface area contributed by atoms with Gasteiger partial charge in [-0.05, 0) is 36.5 Å². The molecule has 2 aliphatic heterocycles. The molecule has 0 bridgehead atoms. The van der Waals surface area contributed by atoms with Crippen molar-refractivity contribution in [1.29, 1.82) is 0 Å². The second-order valence-corrected chi connectivity index (χ2v) is 15.2. The maximum absolute atomic E-state index is 13.5. The number of hydrogen-bond acceptors (Lipinski definition) is 15. The minimum atomic E-state index is -2.34. The van der Waals surface area contributed by atoms with Gasteiger partial charge in [-0.25, -0.2) is 0 Å². The Hall–Kier alpha value is -3.82. The zero-order valence-electron chi connectivity index (χ0n) is 31.5. The van der Waals surface area contributed by atoms with E-state index in [1.54, 1.807) is 40.7 Å². The number of rotatable bonds is 11. The van der Waals surface area contributed by atoms with Gasteiger partial charge in [0, 0.05) is 46.6 Å². The number of aliphatic hydroxyl groups is 1. The van der Waals surface area contributed by atoms with Crippen molar-refractivity contribution in [2.75, 3.05) is 20.3 Å². The van der Waals surface area contributed by atoms with Crippen molar-refractivity contribution < 1.29 is 71.8 Å². The summed E-state index contributed by atoms with van der Waals surface area (Å²) in [4.78, 5) is 79.5. The Morgan fingerprint density at radius 3 is 1.90 bits per heavy atom. The van der Waals surface area contributed by atoms with E-state index < -0.39 is 101 Å². The van der Waals surface area contributed by atoms with Crippen LogP contribution in [0.15, 0.2) is 23.8 Å². The van der Waals surface area contributed by atoms with Gasteiger partial charge in [0.15, 0.2) is 30.0 Å². The summed E-state index contributed by atoms with van der Waals surface area (Å²) < 4.78 is 47.7. The van der Waals surface area contributed by atoms with Gasteiger partial charge >= 0.3 is 35.8 Å². The average Bonchev–Trinajstić information content (AvgIpc) is 3.76. The lowest BCUT2D eigenvalue weighted by atomic mass is 9.51. The third kappa shape index (κ3) is 7.91. The third-order valence-corrected chi connectivity index (χ3v) is 10.2. The highest BCUT2D eigenvalue weighted by atomic mass is 16.7. The Kier molecular flexibility index (Phi) is 12.3. The molecule has 1 spiro atoms. The van der Waals surface area contributed by atoms with Crippen molar-refractivity contribution >= 4 is 35.8 Å². The number of esters is 6. The van der Waals surface area contributed by atoms with Crippen molar-refractivity contribution in [3.63, 3.8) is 0 Å². The van der Waals surface area contributed by atoms with Gasteiger partial charge in [0.05, 0.1) is 24.5 Å². The maximum Gasteiger partial charge on any atom is 0.312 e. The third-order valence-electron chi connectivity index (χ3n) is 10.2. The number of hydrogen-bond donors (Lipinski definition) is 1. The molecule has 15 heteroatoms. The SMILES string of the molecule is COCC1=C/[C@@H]2OC(=O)[C@H](C)[C@@]2(O)[C@@H](OC(C)=O)[C@H]2[C@@]3(CO3)[C@H](OC(=O)CC(C)C)[C@H](OC(=O)CC(C)C)[C@H](OC(C)=O)[C@]2(C)[C@@H](OC(C)=O)/C=C\1. The molecule has 0 aromatic heterocycles. The van der Waals surface area contributed by atoms with Crippen LogP contribution in [0.25, 0.3) is 0 Å². The molecule has 2 aliphatic carbocycles. The molecule has 0 radical (unpaired) electrons. The Morgan fingerprint density at radius 1 is 0.865 bits per heavy atom. The first-order chi connectivity index (χ1) is 24.2.